The van der Waals surface area contributed by atoms with Crippen molar-refractivity contribution in [3.8, 4) is 0 Å². The number of carbonyl (C=O) groups is 1. The van der Waals surface area contributed by atoms with Crippen molar-refractivity contribution >= 4 is 22.3 Å². The van der Waals surface area contributed by atoms with Crippen molar-refractivity contribution in [1.82, 2.24) is 4.98 Å². The molecule has 3 nitrogen and oxygen atoms in total. The number of fused-ring (bicyclic) bond motifs is 1. The number of Topliss-reactive ketones (excluding diaryl/α,β-unsaturated/α-hetero) is 1. The number of thiazole rings is 1. The molecule has 0 aromatic carbocycles. The molecule has 1 saturated carbocycles. The zero-order chi connectivity index (χ0) is 12.5. The summed E-state index contributed by atoms with van der Waals surface area (Å²) in [4.78, 5) is 19.8. The molecule has 98 valence electrons. The minimum atomic E-state index is 0.303. The standard InChI is InChI=1S/C14H20N2OS/c1-16(10-6-3-2-4-7-10)14-15-11-8-5-9-12(17)13(11)18-14/h10H,2-9H2,1H3. The number of aromatic nitrogens is 1. The van der Waals surface area contributed by atoms with Crippen LogP contribution in [0.15, 0.2) is 0 Å². The van der Waals surface area contributed by atoms with Crippen molar-refractivity contribution in [2.45, 2.75) is 57.4 Å². The molecule has 1 fully saturated rings. The van der Waals surface area contributed by atoms with Crippen molar-refractivity contribution < 1.29 is 4.79 Å². The molecule has 0 saturated heterocycles. The van der Waals surface area contributed by atoms with E-state index in [2.05, 4.69) is 11.9 Å². The Morgan fingerprint density at radius 2 is 1.94 bits per heavy atom. The maximum absolute atomic E-state index is 11.8. The third kappa shape index (κ3) is 2.18. The number of hydrogen-bond acceptors (Lipinski definition) is 4. The quantitative estimate of drug-likeness (QED) is 0.820. The number of rotatable bonds is 2. The summed E-state index contributed by atoms with van der Waals surface area (Å²) in [5.74, 6) is 0.303. The van der Waals surface area contributed by atoms with Crippen LogP contribution in [0.3, 0.4) is 0 Å². The zero-order valence-corrected chi connectivity index (χ0v) is 11.8. The summed E-state index contributed by atoms with van der Waals surface area (Å²) in [7, 11) is 2.14. The lowest BCUT2D eigenvalue weighted by atomic mass is 9.95. The number of hydrogen-bond donors (Lipinski definition) is 0. The second-order valence-electron chi connectivity index (χ2n) is 5.45. The number of ketones is 1. The van der Waals surface area contributed by atoms with E-state index in [-0.39, 0.29) is 0 Å². The van der Waals surface area contributed by atoms with E-state index in [9.17, 15) is 4.79 Å². The van der Waals surface area contributed by atoms with Crippen molar-refractivity contribution in [3.63, 3.8) is 0 Å². The first-order chi connectivity index (χ1) is 8.75. The van der Waals surface area contributed by atoms with E-state index in [0.717, 1.165) is 28.5 Å². The maximum atomic E-state index is 11.8. The molecular formula is C14H20N2OS. The van der Waals surface area contributed by atoms with Gasteiger partial charge >= 0.3 is 0 Å². The lowest BCUT2D eigenvalue weighted by molar-refractivity contribution is 0.0976. The molecule has 3 rings (SSSR count). The van der Waals surface area contributed by atoms with E-state index in [1.807, 2.05) is 0 Å². The first-order valence-corrected chi connectivity index (χ1v) is 7.83. The zero-order valence-electron chi connectivity index (χ0n) is 10.9. The van der Waals surface area contributed by atoms with Gasteiger partial charge in [-0.3, -0.25) is 4.79 Å². The van der Waals surface area contributed by atoms with Crippen LogP contribution in [0.1, 0.15) is 60.3 Å². The predicted octanol–water partition coefficient (Wildman–Crippen LogP) is 3.43. The van der Waals surface area contributed by atoms with Gasteiger partial charge in [0.2, 0.25) is 0 Å². The molecule has 1 heterocycles. The van der Waals surface area contributed by atoms with Crippen molar-refractivity contribution in [2.24, 2.45) is 0 Å². The van der Waals surface area contributed by atoms with Crippen LogP contribution in [0.25, 0.3) is 0 Å². The Hall–Kier alpha value is -0.900. The van der Waals surface area contributed by atoms with E-state index in [1.165, 1.54) is 32.1 Å². The van der Waals surface area contributed by atoms with Gasteiger partial charge in [-0.1, -0.05) is 30.6 Å². The van der Waals surface area contributed by atoms with Crippen LogP contribution >= 0.6 is 11.3 Å². The lowest BCUT2D eigenvalue weighted by Gasteiger charge is -2.30. The fourth-order valence-electron chi connectivity index (χ4n) is 3.03. The Labute approximate surface area is 112 Å². The van der Waals surface area contributed by atoms with Crippen LogP contribution in [0.2, 0.25) is 0 Å². The van der Waals surface area contributed by atoms with Crippen LogP contribution in [-0.4, -0.2) is 23.9 Å². The number of carbonyl (C=O) groups excluding carboxylic acids is 1. The number of nitrogens with zero attached hydrogens (tertiary/aromatic N) is 2. The van der Waals surface area contributed by atoms with E-state index >= 15 is 0 Å². The molecule has 4 heteroatoms. The van der Waals surface area contributed by atoms with E-state index in [1.54, 1.807) is 11.3 Å². The van der Waals surface area contributed by atoms with Crippen molar-refractivity contribution in [3.05, 3.63) is 10.6 Å². The second kappa shape index (κ2) is 5.00. The third-order valence-electron chi connectivity index (χ3n) is 4.18. The van der Waals surface area contributed by atoms with Gasteiger partial charge < -0.3 is 4.90 Å². The Balaban J connectivity index is 1.81. The molecule has 0 amide bonds. The Morgan fingerprint density at radius 1 is 1.17 bits per heavy atom. The van der Waals surface area contributed by atoms with Gasteiger partial charge in [-0.25, -0.2) is 4.98 Å². The molecule has 0 bridgehead atoms. The average Bonchev–Trinajstić information content (AvgIpc) is 2.84. The Kier molecular flexibility index (Phi) is 3.37. The SMILES string of the molecule is CN(c1nc2c(s1)C(=O)CCC2)C1CCCCC1. The Bertz CT molecular complexity index is 449. The molecule has 18 heavy (non-hydrogen) atoms. The van der Waals surface area contributed by atoms with Gasteiger partial charge in [-0.2, -0.15) is 0 Å². The number of aryl methyl sites for hydroxylation is 1. The smallest absolute Gasteiger partial charge is 0.186 e. The van der Waals surface area contributed by atoms with Gasteiger partial charge in [-0.05, 0) is 25.7 Å². The molecule has 2 aliphatic carbocycles. The number of anilines is 1. The molecule has 2 aliphatic rings. The topological polar surface area (TPSA) is 33.2 Å². The van der Waals surface area contributed by atoms with E-state index in [4.69, 9.17) is 4.98 Å². The van der Waals surface area contributed by atoms with Gasteiger partial charge in [0, 0.05) is 19.5 Å². The second-order valence-corrected chi connectivity index (χ2v) is 6.43. The van der Waals surface area contributed by atoms with Gasteiger partial charge in [0.05, 0.1) is 10.6 Å². The van der Waals surface area contributed by atoms with Gasteiger partial charge in [0.1, 0.15) is 0 Å². The third-order valence-corrected chi connectivity index (χ3v) is 5.41. The normalized spacial score (nSPS) is 20.8. The summed E-state index contributed by atoms with van der Waals surface area (Å²) >= 11 is 1.61. The highest BCUT2D eigenvalue weighted by atomic mass is 32.1. The first-order valence-electron chi connectivity index (χ1n) is 7.01. The van der Waals surface area contributed by atoms with E-state index in [0.29, 0.717) is 18.2 Å². The summed E-state index contributed by atoms with van der Waals surface area (Å²) in [6, 6.07) is 0.626. The van der Waals surface area contributed by atoms with Crippen LogP contribution < -0.4 is 4.90 Å². The van der Waals surface area contributed by atoms with Crippen LogP contribution in [0, 0.1) is 0 Å². The minimum Gasteiger partial charge on any atom is -0.348 e. The van der Waals surface area contributed by atoms with E-state index < -0.39 is 0 Å². The molecule has 0 N–H and O–H groups in total. The van der Waals surface area contributed by atoms with Crippen LogP contribution in [0.5, 0.6) is 0 Å². The summed E-state index contributed by atoms with van der Waals surface area (Å²) in [5.41, 5.74) is 1.05. The van der Waals surface area contributed by atoms with Gasteiger partial charge in [0.25, 0.3) is 0 Å². The van der Waals surface area contributed by atoms with Crippen LogP contribution in [0.4, 0.5) is 5.13 Å². The average molecular weight is 264 g/mol. The highest BCUT2D eigenvalue weighted by Crippen LogP contribution is 2.34. The summed E-state index contributed by atoms with van der Waals surface area (Å²) < 4.78 is 0. The summed E-state index contributed by atoms with van der Waals surface area (Å²) in [6.45, 7) is 0. The fourth-order valence-corrected chi connectivity index (χ4v) is 4.14. The lowest BCUT2D eigenvalue weighted by Crippen LogP contribution is -2.33. The molecular weight excluding hydrogens is 244 g/mol. The molecule has 1 aromatic heterocycles. The van der Waals surface area contributed by atoms with Crippen LogP contribution in [-0.2, 0) is 6.42 Å². The molecule has 0 aliphatic heterocycles. The monoisotopic (exact) mass is 264 g/mol. The highest BCUT2D eigenvalue weighted by Gasteiger charge is 2.26. The van der Waals surface area contributed by atoms with Crippen molar-refractivity contribution in [1.29, 1.82) is 0 Å². The Morgan fingerprint density at radius 3 is 2.67 bits per heavy atom. The minimum absolute atomic E-state index is 0.303. The predicted molar refractivity (Wildman–Crippen MR) is 74.7 cm³/mol. The fraction of sp³-hybridized carbons (Fsp3) is 0.714. The van der Waals surface area contributed by atoms with Crippen molar-refractivity contribution in [2.75, 3.05) is 11.9 Å². The summed E-state index contributed by atoms with van der Waals surface area (Å²) in [5, 5.41) is 1.06. The summed E-state index contributed by atoms with van der Waals surface area (Å²) in [6.07, 6.45) is 9.25. The van der Waals surface area contributed by atoms with Gasteiger partial charge in [-0.15, -0.1) is 0 Å². The molecule has 0 radical (unpaired) electrons. The molecule has 1 aromatic rings. The maximum Gasteiger partial charge on any atom is 0.186 e. The van der Waals surface area contributed by atoms with Gasteiger partial charge in [0.15, 0.2) is 10.9 Å². The highest BCUT2D eigenvalue weighted by molar-refractivity contribution is 7.17. The largest absolute Gasteiger partial charge is 0.348 e. The molecule has 0 unspecified atom stereocenters. The molecule has 0 spiro atoms. The first kappa shape index (κ1) is 12.2. The molecule has 0 atom stereocenters.